The van der Waals surface area contributed by atoms with Crippen molar-refractivity contribution in [2.45, 2.75) is 6.92 Å². The molecule has 1 N–H and O–H groups in total. The summed E-state index contributed by atoms with van der Waals surface area (Å²) in [6.45, 7) is 1.89. The number of fused-ring (bicyclic) bond motifs is 1. The molecule has 0 bridgehead atoms. The highest BCUT2D eigenvalue weighted by Gasteiger charge is 2.17. The number of carbonyl (C=O) groups excluding carboxylic acids is 2. The minimum atomic E-state index is -0.610. The third kappa shape index (κ3) is 5.15. The molecule has 1 amide bonds. The van der Waals surface area contributed by atoms with E-state index in [0.717, 1.165) is 11.3 Å². The lowest BCUT2D eigenvalue weighted by atomic mass is 10.0. The molecule has 0 radical (unpaired) electrons. The van der Waals surface area contributed by atoms with Crippen LogP contribution in [-0.2, 0) is 9.53 Å². The number of anilines is 1. The molecule has 0 unspecified atom stereocenters. The zero-order chi connectivity index (χ0) is 23.9. The van der Waals surface area contributed by atoms with Crippen LogP contribution in [0.25, 0.3) is 22.2 Å². The second-order valence-corrected chi connectivity index (χ2v) is 7.35. The Morgan fingerprint density at radius 2 is 1.68 bits per heavy atom. The van der Waals surface area contributed by atoms with Crippen LogP contribution >= 0.6 is 0 Å². The summed E-state index contributed by atoms with van der Waals surface area (Å²) in [6, 6.07) is 23.5. The second-order valence-electron chi connectivity index (χ2n) is 7.35. The quantitative estimate of drug-likeness (QED) is 0.371. The van der Waals surface area contributed by atoms with Gasteiger partial charge in [-0.3, -0.25) is 4.79 Å². The summed E-state index contributed by atoms with van der Waals surface area (Å²) in [5.41, 5.74) is 2.94. The Bertz CT molecular complexity index is 1320. The average Bonchev–Trinajstić information content (AvgIpc) is 2.88. The zero-order valence-electron chi connectivity index (χ0n) is 18.9. The van der Waals surface area contributed by atoms with E-state index in [0.29, 0.717) is 40.2 Å². The van der Waals surface area contributed by atoms with Crippen LogP contribution in [0.3, 0.4) is 0 Å². The van der Waals surface area contributed by atoms with Gasteiger partial charge < -0.3 is 19.5 Å². The molecule has 7 heteroatoms. The number of aromatic nitrogens is 1. The number of esters is 1. The molecule has 4 aromatic rings. The van der Waals surface area contributed by atoms with Crippen LogP contribution in [0.2, 0.25) is 0 Å². The lowest BCUT2D eigenvalue weighted by Crippen LogP contribution is -2.21. The molecular formula is C27H24N2O5. The summed E-state index contributed by atoms with van der Waals surface area (Å²) in [5.74, 6) is 0.200. The van der Waals surface area contributed by atoms with E-state index >= 15 is 0 Å². The Kier molecular flexibility index (Phi) is 7.03. The number of methoxy groups -OCH3 is 1. The molecule has 172 valence electrons. The highest BCUT2D eigenvalue weighted by molar-refractivity contribution is 6.05. The molecule has 3 aromatic carbocycles. The minimum Gasteiger partial charge on any atom is -0.497 e. The smallest absolute Gasteiger partial charge is 0.339 e. The molecule has 0 spiro atoms. The molecule has 34 heavy (non-hydrogen) atoms. The molecule has 0 saturated heterocycles. The number of nitrogens with one attached hydrogen (secondary N) is 1. The first-order valence-corrected chi connectivity index (χ1v) is 10.8. The van der Waals surface area contributed by atoms with Gasteiger partial charge in [0.2, 0.25) is 0 Å². The van der Waals surface area contributed by atoms with E-state index in [2.05, 4.69) is 10.3 Å². The Labute approximate surface area is 197 Å². The van der Waals surface area contributed by atoms with Crippen LogP contribution in [-0.4, -0.2) is 37.2 Å². The Balaban J connectivity index is 1.54. The average molecular weight is 456 g/mol. The first kappa shape index (κ1) is 22.8. The SMILES string of the molecule is CCOc1ccccc1NC(=O)COC(=O)c1cc(-c2ccc(OC)cc2)nc2ccccc12. The lowest BCUT2D eigenvalue weighted by Gasteiger charge is -2.12. The van der Waals surface area contributed by atoms with Crippen molar-refractivity contribution in [3.63, 3.8) is 0 Å². The van der Waals surface area contributed by atoms with Crippen LogP contribution in [0.4, 0.5) is 5.69 Å². The van der Waals surface area contributed by atoms with Gasteiger partial charge >= 0.3 is 5.97 Å². The van der Waals surface area contributed by atoms with Crippen LogP contribution in [0.15, 0.2) is 78.9 Å². The van der Waals surface area contributed by atoms with Crippen molar-refractivity contribution in [3.8, 4) is 22.8 Å². The third-order valence-electron chi connectivity index (χ3n) is 5.12. The summed E-state index contributed by atoms with van der Waals surface area (Å²) in [5, 5.41) is 3.37. The number of benzene rings is 3. The number of nitrogens with zero attached hydrogens (tertiary/aromatic N) is 1. The monoisotopic (exact) mass is 456 g/mol. The number of ether oxygens (including phenoxy) is 3. The van der Waals surface area contributed by atoms with E-state index < -0.39 is 18.5 Å². The van der Waals surface area contributed by atoms with Crippen molar-refractivity contribution >= 4 is 28.5 Å². The molecular weight excluding hydrogens is 432 g/mol. The van der Waals surface area contributed by atoms with Gasteiger partial charge in [-0.2, -0.15) is 0 Å². The minimum absolute atomic E-state index is 0.332. The van der Waals surface area contributed by atoms with Crippen molar-refractivity contribution in [1.29, 1.82) is 0 Å². The number of rotatable bonds is 8. The van der Waals surface area contributed by atoms with Crippen molar-refractivity contribution < 1.29 is 23.8 Å². The van der Waals surface area contributed by atoms with E-state index in [9.17, 15) is 9.59 Å². The van der Waals surface area contributed by atoms with Gasteiger partial charge in [0, 0.05) is 10.9 Å². The van der Waals surface area contributed by atoms with Crippen LogP contribution in [0.1, 0.15) is 17.3 Å². The first-order valence-electron chi connectivity index (χ1n) is 10.8. The van der Waals surface area contributed by atoms with Crippen molar-refractivity contribution in [3.05, 3.63) is 84.4 Å². The Morgan fingerprint density at radius 1 is 0.941 bits per heavy atom. The zero-order valence-corrected chi connectivity index (χ0v) is 18.9. The van der Waals surface area contributed by atoms with Crippen LogP contribution in [0, 0.1) is 0 Å². The highest BCUT2D eigenvalue weighted by Crippen LogP contribution is 2.27. The number of carbonyl (C=O) groups is 2. The fourth-order valence-electron chi connectivity index (χ4n) is 3.50. The lowest BCUT2D eigenvalue weighted by molar-refractivity contribution is -0.119. The van der Waals surface area contributed by atoms with Crippen molar-refractivity contribution in [2.75, 3.05) is 25.6 Å². The van der Waals surface area contributed by atoms with Gasteiger partial charge in [-0.15, -0.1) is 0 Å². The predicted molar refractivity (Wildman–Crippen MR) is 130 cm³/mol. The predicted octanol–water partition coefficient (Wildman–Crippen LogP) is 5.10. The van der Waals surface area contributed by atoms with Crippen molar-refractivity contribution in [1.82, 2.24) is 4.98 Å². The van der Waals surface area contributed by atoms with E-state index in [-0.39, 0.29) is 0 Å². The molecule has 7 nitrogen and oxygen atoms in total. The Morgan fingerprint density at radius 3 is 2.44 bits per heavy atom. The molecule has 0 saturated carbocycles. The van der Waals surface area contributed by atoms with E-state index in [1.54, 1.807) is 37.4 Å². The number of pyridine rings is 1. The fourth-order valence-corrected chi connectivity index (χ4v) is 3.50. The molecule has 0 atom stereocenters. The molecule has 1 aromatic heterocycles. The standard InChI is InChI=1S/C27H24N2O5/c1-3-33-25-11-7-6-10-23(25)29-26(30)17-34-27(31)21-16-24(18-12-14-19(32-2)15-13-18)28-22-9-5-4-8-20(21)22/h4-16H,3,17H2,1-2H3,(H,29,30). The maximum Gasteiger partial charge on any atom is 0.339 e. The summed E-state index contributed by atoms with van der Waals surface area (Å²) in [7, 11) is 1.60. The first-order chi connectivity index (χ1) is 16.6. The molecule has 0 aliphatic carbocycles. The van der Waals surface area contributed by atoms with Crippen LogP contribution < -0.4 is 14.8 Å². The number of hydrogen-bond acceptors (Lipinski definition) is 6. The third-order valence-corrected chi connectivity index (χ3v) is 5.12. The molecule has 4 rings (SSSR count). The van der Waals surface area contributed by atoms with Gasteiger partial charge in [0.1, 0.15) is 11.5 Å². The van der Waals surface area contributed by atoms with E-state index in [1.165, 1.54) is 0 Å². The van der Waals surface area contributed by atoms with Crippen LogP contribution in [0.5, 0.6) is 11.5 Å². The van der Waals surface area contributed by atoms with E-state index in [4.69, 9.17) is 14.2 Å². The Hall–Kier alpha value is -4.39. The summed E-state index contributed by atoms with van der Waals surface area (Å²) in [6.07, 6.45) is 0. The van der Waals surface area contributed by atoms with Gasteiger partial charge in [-0.05, 0) is 55.5 Å². The summed E-state index contributed by atoms with van der Waals surface area (Å²) in [4.78, 5) is 30.1. The maximum atomic E-state index is 13.0. The van der Waals surface area contributed by atoms with Crippen molar-refractivity contribution in [2.24, 2.45) is 0 Å². The maximum absolute atomic E-state index is 13.0. The highest BCUT2D eigenvalue weighted by atomic mass is 16.5. The van der Waals surface area contributed by atoms with Gasteiger partial charge in [-0.1, -0.05) is 30.3 Å². The largest absolute Gasteiger partial charge is 0.497 e. The normalized spacial score (nSPS) is 10.5. The number of para-hydroxylation sites is 3. The van der Waals surface area contributed by atoms with E-state index in [1.807, 2.05) is 55.5 Å². The molecule has 0 fully saturated rings. The molecule has 0 aliphatic heterocycles. The number of amides is 1. The fraction of sp³-hybridized carbons (Fsp3) is 0.148. The second kappa shape index (κ2) is 10.5. The number of hydrogen-bond donors (Lipinski definition) is 1. The van der Waals surface area contributed by atoms with Gasteiger partial charge in [0.15, 0.2) is 6.61 Å². The summed E-state index contributed by atoms with van der Waals surface area (Å²) < 4.78 is 16.1. The van der Waals surface area contributed by atoms with Gasteiger partial charge in [-0.25, -0.2) is 9.78 Å². The topological polar surface area (TPSA) is 86.8 Å². The molecule has 1 heterocycles. The van der Waals surface area contributed by atoms with Gasteiger partial charge in [0.25, 0.3) is 5.91 Å². The summed E-state index contributed by atoms with van der Waals surface area (Å²) >= 11 is 0. The van der Waals surface area contributed by atoms with Gasteiger partial charge in [0.05, 0.1) is 36.2 Å². The molecule has 0 aliphatic rings.